The van der Waals surface area contributed by atoms with Crippen LogP contribution < -0.4 is 4.74 Å². The molecular weight excluding hydrogens is 186 g/mol. The van der Waals surface area contributed by atoms with Gasteiger partial charge in [0.1, 0.15) is 5.75 Å². The summed E-state index contributed by atoms with van der Waals surface area (Å²) in [5.74, 6) is 0.957. The first kappa shape index (κ1) is 11.6. The lowest BCUT2D eigenvalue weighted by Crippen LogP contribution is -2.00. The Hall–Kier alpha value is -1.49. The molecule has 0 N–H and O–H groups in total. The van der Waals surface area contributed by atoms with Gasteiger partial charge in [-0.15, -0.1) is 0 Å². The Labute approximate surface area is 91.5 Å². The van der Waals surface area contributed by atoms with Crippen LogP contribution >= 0.6 is 0 Å². The molecule has 0 aromatic heterocycles. The summed E-state index contributed by atoms with van der Waals surface area (Å²) in [5.41, 5.74) is 3.53. The molecule has 0 saturated heterocycles. The van der Waals surface area contributed by atoms with E-state index in [4.69, 9.17) is 10.00 Å². The number of nitriles is 1. The molecule has 0 spiro atoms. The van der Waals surface area contributed by atoms with E-state index in [1.165, 1.54) is 5.56 Å². The maximum atomic E-state index is 8.60. The van der Waals surface area contributed by atoms with Crippen molar-refractivity contribution in [3.63, 3.8) is 0 Å². The van der Waals surface area contributed by atoms with Crippen LogP contribution in [0.15, 0.2) is 12.1 Å². The maximum absolute atomic E-state index is 8.60. The Morgan fingerprint density at radius 2 is 2.07 bits per heavy atom. The fourth-order valence-electron chi connectivity index (χ4n) is 1.77. The molecule has 0 radical (unpaired) electrons. The quantitative estimate of drug-likeness (QED) is 0.753. The van der Waals surface area contributed by atoms with Crippen LogP contribution in [0.3, 0.4) is 0 Å². The molecule has 0 bridgehead atoms. The lowest BCUT2D eigenvalue weighted by molar-refractivity contribution is 0.334. The van der Waals surface area contributed by atoms with Crippen molar-refractivity contribution in [2.75, 3.05) is 6.61 Å². The van der Waals surface area contributed by atoms with Crippen molar-refractivity contribution >= 4 is 0 Å². The summed E-state index contributed by atoms with van der Waals surface area (Å²) in [5, 5.41) is 8.60. The molecular formula is C13H17NO. The van der Waals surface area contributed by atoms with Crippen LogP contribution in [-0.4, -0.2) is 6.61 Å². The van der Waals surface area contributed by atoms with Gasteiger partial charge in [-0.1, -0.05) is 17.7 Å². The molecule has 0 unspecified atom stereocenters. The largest absolute Gasteiger partial charge is 0.493 e. The minimum atomic E-state index is 0.545. The second-order valence-electron chi connectivity index (χ2n) is 3.66. The number of nitrogens with zero attached hydrogens (tertiary/aromatic N) is 1. The fraction of sp³-hybridized carbons (Fsp3) is 0.462. The summed E-state index contributed by atoms with van der Waals surface area (Å²) < 4.78 is 5.61. The minimum absolute atomic E-state index is 0.545. The number of hydrogen-bond donors (Lipinski definition) is 0. The number of hydrogen-bond acceptors (Lipinski definition) is 2. The predicted octanol–water partition coefficient (Wildman–Crippen LogP) is 3.16. The predicted molar refractivity (Wildman–Crippen MR) is 61.0 cm³/mol. The first-order valence-electron chi connectivity index (χ1n) is 5.29. The third kappa shape index (κ3) is 2.99. The van der Waals surface area contributed by atoms with Crippen molar-refractivity contribution in [3.8, 4) is 11.8 Å². The molecule has 0 saturated carbocycles. The van der Waals surface area contributed by atoms with Gasteiger partial charge in [0.05, 0.1) is 12.7 Å². The summed E-state index contributed by atoms with van der Waals surface area (Å²) in [7, 11) is 0. The average Bonchev–Trinajstić information content (AvgIpc) is 2.19. The molecule has 0 fully saturated rings. The molecule has 1 rings (SSSR count). The van der Waals surface area contributed by atoms with Crippen LogP contribution in [0.2, 0.25) is 0 Å². The van der Waals surface area contributed by atoms with Gasteiger partial charge in [0, 0.05) is 6.42 Å². The number of ether oxygens (including phenoxy) is 1. The van der Waals surface area contributed by atoms with E-state index in [0.29, 0.717) is 13.0 Å². The molecule has 2 nitrogen and oxygen atoms in total. The zero-order chi connectivity index (χ0) is 11.3. The first-order chi connectivity index (χ1) is 7.19. The van der Waals surface area contributed by atoms with Crippen LogP contribution in [0.1, 0.15) is 30.0 Å². The zero-order valence-electron chi connectivity index (χ0n) is 9.63. The number of aryl methyl sites for hydroxylation is 3. The van der Waals surface area contributed by atoms with Gasteiger partial charge < -0.3 is 4.74 Å². The third-order valence-corrected chi connectivity index (χ3v) is 2.29. The van der Waals surface area contributed by atoms with Gasteiger partial charge in [-0.05, 0) is 38.3 Å². The van der Waals surface area contributed by atoms with Crippen LogP contribution in [0.4, 0.5) is 0 Å². The summed E-state index contributed by atoms with van der Waals surface area (Å²) in [6, 6.07) is 6.39. The van der Waals surface area contributed by atoms with Gasteiger partial charge in [-0.2, -0.15) is 5.26 Å². The second kappa shape index (κ2) is 5.41. The van der Waals surface area contributed by atoms with E-state index in [2.05, 4.69) is 25.1 Å². The standard InChI is InChI=1S/C13H17NO/c1-4-15-13-11(3)8-10(2)9-12(13)6-5-7-14/h8-9H,4-6H2,1-3H3. The molecule has 2 heteroatoms. The second-order valence-corrected chi connectivity index (χ2v) is 3.66. The van der Waals surface area contributed by atoms with Gasteiger partial charge in [0.25, 0.3) is 0 Å². The van der Waals surface area contributed by atoms with Gasteiger partial charge in [-0.3, -0.25) is 0 Å². The van der Waals surface area contributed by atoms with Gasteiger partial charge in [0.15, 0.2) is 0 Å². The highest BCUT2D eigenvalue weighted by atomic mass is 16.5. The van der Waals surface area contributed by atoms with E-state index in [0.717, 1.165) is 23.3 Å². The summed E-state index contributed by atoms with van der Waals surface area (Å²) in [6.45, 7) is 6.77. The smallest absolute Gasteiger partial charge is 0.125 e. The van der Waals surface area contributed by atoms with E-state index in [1.54, 1.807) is 0 Å². The molecule has 1 aromatic rings. The van der Waals surface area contributed by atoms with Crippen LogP contribution in [0, 0.1) is 25.2 Å². The van der Waals surface area contributed by atoms with E-state index in [1.807, 2.05) is 13.8 Å². The SMILES string of the molecule is CCOc1c(C)cc(C)cc1CCC#N. The highest BCUT2D eigenvalue weighted by Crippen LogP contribution is 2.26. The van der Waals surface area contributed by atoms with E-state index < -0.39 is 0 Å². The Kier molecular flexibility index (Phi) is 4.17. The Morgan fingerprint density at radius 1 is 1.33 bits per heavy atom. The van der Waals surface area contributed by atoms with E-state index in [9.17, 15) is 0 Å². The zero-order valence-corrected chi connectivity index (χ0v) is 9.63. The van der Waals surface area contributed by atoms with E-state index >= 15 is 0 Å². The molecule has 15 heavy (non-hydrogen) atoms. The van der Waals surface area contributed by atoms with Crippen LogP contribution in [0.25, 0.3) is 0 Å². The molecule has 0 aliphatic heterocycles. The van der Waals surface area contributed by atoms with Crippen molar-refractivity contribution in [2.45, 2.75) is 33.6 Å². The van der Waals surface area contributed by atoms with Crippen molar-refractivity contribution < 1.29 is 4.74 Å². The van der Waals surface area contributed by atoms with Gasteiger partial charge in [-0.25, -0.2) is 0 Å². The highest BCUT2D eigenvalue weighted by molar-refractivity contribution is 5.44. The monoisotopic (exact) mass is 203 g/mol. The molecule has 0 aliphatic carbocycles. The molecule has 80 valence electrons. The minimum Gasteiger partial charge on any atom is -0.493 e. The molecule has 0 atom stereocenters. The Morgan fingerprint density at radius 3 is 2.67 bits per heavy atom. The number of rotatable bonds is 4. The molecule has 1 aromatic carbocycles. The Bertz CT molecular complexity index is 377. The summed E-state index contributed by atoms with van der Waals surface area (Å²) in [4.78, 5) is 0. The molecule has 0 heterocycles. The first-order valence-corrected chi connectivity index (χ1v) is 5.29. The Balaban J connectivity index is 3.04. The molecule has 0 amide bonds. The van der Waals surface area contributed by atoms with Crippen molar-refractivity contribution in [3.05, 3.63) is 28.8 Å². The third-order valence-electron chi connectivity index (χ3n) is 2.29. The van der Waals surface area contributed by atoms with Gasteiger partial charge >= 0.3 is 0 Å². The topological polar surface area (TPSA) is 33.0 Å². The lowest BCUT2D eigenvalue weighted by atomic mass is 10.0. The highest BCUT2D eigenvalue weighted by Gasteiger charge is 2.07. The summed E-state index contributed by atoms with van der Waals surface area (Å²) in [6.07, 6.45) is 1.32. The number of benzene rings is 1. The average molecular weight is 203 g/mol. The van der Waals surface area contributed by atoms with Crippen molar-refractivity contribution in [1.29, 1.82) is 5.26 Å². The fourth-order valence-corrected chi connectivity index (χ4v) is 1.77. The van der Waals surface area contributed by atoms with Crippen LogP contribution in [0.5, 0.6) is 5.75 Å². The van der Waals surface area contributed by atoms with E-state index in [-0.39, 0.29) is 0 Å². The molecule has 0 aliphatic rings. The van der Waals surface area contributed by atoms with Crippen molar-refractivity contribution in [2.24, 2.45) is 0 Å². The van der Waals surface area contributed by atoms with Gasteiger partial charge in [0.2, 0.25) is 0 Å². The maximum Gasteiger partial charge on any atom is 0.125 e. The normalized spacial score (nSPS) is 9.73. The van der Waals surface area contributed by atoms with Crippen molar-refractivity contribution in [1.82, 2.24) is 0 Å². The lowest BCUT2D eigenvalue weighted by Gasteiger charge is -2.13. The van der Waals surface area contributed by atoms with Crippen LogP contribution in [-0.2, 0) is 6.42 Å². The summed E-state index contributed by atoms with van der Waals surface area (Å²) >= 11 is 0.